The van der Waals surface area contributed by atoms with Crippen molar-refractivity contribution >= 4 is 65.0 Å². The lowest BCUT2D eigenvalue weighted by molar-refractivity contribution is -0.142. The van der Waals surface area contributed by atoms with Gasteiger partial charge in [0.2, 0.25) is 23.5 Å². The number of rotatable bonds is 19. The summed E-state index contributed by atoms with van der Waals surface area (Å²) in [5.41, 5.74) is 0.328. The number of thioether (sulfide) groups is 2. The molecule has 4 atom stereocenters. The van der Waals surface area contributed by atoms with Crippen LogP contribution in [0, 0.1) is 11.8 Å². The van der Waals surface area contributed by atoms with Gasteiger partial charge in [0.1, 0.15) is 12.1 Å². The van der Waals surface area contributed by atoms with Gasteiger partial charge >= 0.3 is 12.1 Å². The molecule has 5 amide bonds. The zero-order valence-corrected chi connectivity index (χ0v) is 31.1. The number of hydrogen-bond acceptors (Lipinski definition) is 10. The van der Waals surface area contributed by atoms with Crippen LogP contribution in [0.3, 0.4) is 0 Å². The van der Waals surface area contributed by atoms with Crippen LogP contribution in [0.1, 0.15) is 83.7 Å². The number of alkyl carbamates (subject to hydrolysis) is 1. The highest BCUT2D eigenvalue weighted by atomic mass is 32.2. The third kappa shape index (κ3) is 14.0. The first-order valence-electron chi connectivity index (χ1n) is 17.6. The number of carboxylic acid groups (broad SMARTS) is 1. The number of nitrogens with one attached hydrogen (secondary N) is 5. The first-order chi connectivity index (χ1) is 24.4. The van der Waals surface area contributed by atoms with E-state index >= 15 is 0 Å². The lowest BCUT2D eigenvalue weighted by Crippen LogP contribution is -2.58. The summed E-state index contributed by atoms with van der Waals surface area (Å²) in [6, 6.07) is 3.42. The number of ketones is 1. The third-order valence-corrected chi connectivity index (χ3v) is 11.6. The smallest absolute Gasteiger partial charge is 0.407 e. The van der Waals surface area contributed by atoms with E-state index in [0.717, 1.165) is 43.6 Å². The average molecular weight is 750 g/mol. The van der Waals surface area contributed by atoms with Gasteiger partial charge in [0, 0.05) is 11.5 Å². The van der Waals surface area contributed by atoms with Crippen LogP contribution in [0.4, 0.5) is 4.79 Å². The number of amides is 5. The van der Waals surface area contributed by atoms with E-state index in [1.807, 2.05) is 13.8 Å². The second kappa shape index (κ2) is 21.5. The number of carbonyl (C=O) groups is 7. The predicted molar refractivity (Wildman–Crippen MR) is 195 cm³/mol. The van der Waals surface area contributed by atoms with E-state index in [2.05, 4.69) is 26.6 Å². The Morgan fingerprint density at radius 3 is 2.12 bits per heavy atom. The molecule has 3 rings (SSSR count). The number of Topliss-reactive ketones (excluding diaryl/α,β-unsaturated/α-hetero) is 1. The van der Waals surface area contributed by atoms with Crippen molar-refractivity contribution in [1.82, 2.24) is 26.6 Å². The molecule has 0 aromatic heterocycles. The Morgan fingerprint density at radius 1 is 0.863 bits per heavy atom. The molecule has 0 bridgehead atoms. The van der Waals surface area contributed by atoms with Gasteiger partial charge in [-0.3, -0.25) is 24.0 Å². The van der Waals surface area contributed by atoms with Gasteiger partial charge < -0.3 is 36.4 Å². The van der Waals surface area contributed by atoms with Gasteiger partial charge in [0.15, 0.2) is 6.04 Å². The number of carboxylic acids is 1. The number of benzene rings is 1. The van der Waals surface area contributed by atoms with E-state index in [4.69, 9.17) is 4.74 Å². The number of ether oxygens (including phenoxy) is 1. The van der Waals surface area contributed by atoms with Crippen LogP contribution in [0.5, 0.6) is 0 Å². The average Bonchev–Trinajstić information content (AvgIpc) is 3.64. The zero-order valence-electron chi connectivity index (χ0n) is 29.4. The first kappa shape index (κ1) is 41.6. The Labute approximate surface area is 307 Å². The Hall–Kier alpha value is -3.79. The molecule has 16 heteroatoms. The summed E-state index contributed by atoms with van der Waals surface area (Å²) in [6.45, 7) is 5.10. The van der Waals surface area contributed by atoms with E-state index < -0.39 is 72.2 Å². The Kier molecular flexibility index (Phi) is 17.6. The second-order valence-electron chi connectivity index (χ2n) is 13.1. The fourth-order valence-corrected chi connectivity index (χ4v) is 8.80. The van der Waals surface area contributed by atoms with Crippen LogP contribution in [-0.4, -0.2) is 93.9 Å². The molecule has 1 unspecified atom stereocenters. The minimum atomic E-state index is -1.36. The highest BCUT2D eigenvalue weighted by molar-refractivity contribution is 8.20. The maximum atomic E-state index is 13.8. The molecule has 1 aromatic rings. The first-order valence-corrected chi connectivity index (χ1v) is 19.7. The van der Waals surface area contributed by atoms with Gasteiger partial charge in [-0.15, -0.1) is 23.5 Å². The molecule has 1 aliphatic carbocycles. The molecule has 2 fully saturated rings. The summed E-state index contributed by atoms with van der Waals surface area (Å²) in [5, 5.41) is 22.4. The van der Waals surface area contributed by atoms with Crippen LogP contribution in [-0.2, 0) is 33.5 Å². The van der Waals surface area contributed by atoms with Gasteiger partial charge in [-0.2, -0.15) is 0 Å². The molecule has 0 radical (unpaired) electrons. The van der Waals surface area contributed by atoms with Crippen LogP contribution < -0.4 is 26.6 Å². The molecule has 1 aromatic carbocycles. The molecule has 6 N–H and O–H groups in total. The van der Waals surface area contributed by atoms with Crippen molar-refractivity contribution in [3.05, 3.63) is 35.9 Å². The van der Waals surface area contributed by atoms with Gasteiger partial charge in [-0.25, -0.2) is 9.59 Å². The second-order valence-corrected chi connectivity index (χ2v) is 16.0. The minimum absolute atomic E-state index is 0.00537. The standard InChI is InChI=1S/C35H51N5O9S2/c1-4-11-24(30(42)33(45)36-19-26(41)39-29(34(46)47)23-14-9-6-10-15-23)37-31(43)25(18-27-50-16-17-51-27)38-32(44)28(22-12-7-5-8-13-22)40-35(48)49-20-21(2)3/h6,9-10,14-15,21-22,24-25,27-29H,4-5,7-8,11-13,16-20H2,1-3H3,(H,36,45)(H,37,43)(H,38,44)(H,39,41)(H,40,48)(H,46,47)/t24?,25-,28-,29-/m0/s1. The minimum Gasteiger partial charge on any atom is -0.479 e. The topological polar surface area (TPSA) is 209 Å². The summed E-state index contributed by atoms with van der Waals surface area (Å²) in [5.74, 6) is -3.67. The van der Waals surface area contributed by atoms with Crippen LogP contribution in [0.25, 0.3) is 0 Å². The maximum Gasteiger partial charge on any atom is 0.407 e. The van der Waals surface area contributed by atoms with E-state index in [9.17, 15) is 38.7 Å². The molecule has 0 spiro atoms. The highest BCUT2D eigenvalue weighted by Crippen LogP contribution is 2.35. The summed E-state index contributed by atoms with van der Waals surface area (Å²) in [4.78, 5) is 90.7. The summed E-state index contributed by atoms with van der Waals surface area (Å²) >= 11 is 3.32. The molecular weight excluding hydrogens is 699 g/mol. The van der Waals surface area contributed by atoms with Crippen LogP contribution in [0.2, 0.25) is 0 Å². The van der Waals surface area contributed by atoms with Gasteiger partial charge in [-0.05, 0) is 43.1 Å². The highest BCUT2D eigenvalue weighted by Gasteiger charge is 2.37. The van der Waals surface area contributed by atoms with E-state index in [1.54, 1.807) is 48.6 Å². The summed E-state index contributed by atoms with van der Waals surface area (Å²) in [7, 11) is 0. The third-order valence-electron chi connectivity index (χ3n) is 8.51. The van der Waals surface area contributed by atoms with Crippen molar-refractivity contribution in [1.29, 1.82) is 0 Å². The van der Waals surface area contributed by atoms with Crippen LogP contribution in [0.15, 0.2) is 30.3 Å². The van der Waals surface area contributed by atoms with Crippen molar-refractivity contribution in [2.45, 2.75) is 101 Å². The fourth-order valence-electron chi connectivity index (χ4n) is 5.89. The molecule has 1 saturated heterocycles. The molecule has 1 heterocycles. The Morgan fingerprint density at radius 2 is 1.51 bits per heavy atom. The summed E-state index contributed by atoms with van der Waals surface area (Å²) in [6.07, 6.45) is 4.42. The van der Waals surface area contributed by atoms with Crippen molar-refractivity contribution in [3.8, 4) is 0 Å². The molecule has 1 saturated carbocycles. The van der Waals surface area contributed by atoms with Crippen molar-refractivity contribution < 1.29 is 43.4 Å². The zero-order chi connectivity index (χ0) is 37.3. The Bertz CT molecular complexity index is 1350. The van der Waals surface area contributed by atoms with Crippen LogP contribution >= 0.6 is 23.5 Å². The van der Waals surface area contributed by atoms with Crippen molar-refractivity contribution in [2.75, 3.05) is 24.7 Å². The Balaban J connectivity index is 1.68. The molecule has 2 aliphatic rings. The lowest BCUT2D eigenvalue weighted by Gasteiger charge is -2.31. The quantitative estimate of drug-likeness (QED) is 0.113. The molecule has 282 valence electrons. The number of hydrogen-bond donors (Lipinski definition) is 6. The predicted octanol–water partition coefficient (Wildman–Crippen LogP) is 2.91. The van der Waals surface area contributed by atoms with Crippen molar-refractivity contribution in [3.63, 3.8) is 0 Å². The maximum absolute atomic E-state index is 13.8. The molecule has 51 heavy (non-hydrogen) atoms. The molecular formula is C35H51N5O9S2. The number of carbonyl (C=O) groups excluding carboxylic acids is 6. The molecule has 14 nitrogen and oxygen atoms in total. The fraction of sp³-hybridized carbons (Fsp3) is 0.629. The largest absolute Gasteiger partial charge is 0.479 e. The molecule has 1 aliphatic heterocycles. The SMILES string of the molecule is CCCC(NC(=O)[C@H](CC1SCCS1)NC(=O)[C@@H](NC(=O)OCC(C)C)C1CCCCC1)C(=O)C(=O)NCC(=O)N[C@H](C(=O)O)c1ccccc1. The summed E-state index contributed by atoms with van der Waals surface area (Å²) < 4.78 is 5.31. The lowest BCUT2D eigenvalue weighted by atomic mass is 9.83. The van der Waals surface area contributed by atoms with E-state index in [-0.39, 0.29) is 35.9 Å². The van der Waals surface area contributed by atoms with Gasteiger partial charge in [-0.1, -0.05) is 76.8 Å². The van der Waals surface area contributed by atoms with Gasteiger partial charge in [0.25, 0.3) is 5.91 Å². The van der Waals surface area contributed by atoms with Gasteiger partial charge in [0.05, 0.1) is 23.8 Å². The van der Waals surface area contributed by atoms with E-state index in [0.29, 0.717) is 12.0 Å². The normalized spacial score (nSPS) is 17.3. The van der Waals surface area contributed by atoms with Crippen molar-refractivity contribution in [2.24, 2.45) is 11.8 Å². The van der Waals surface area contributed by atoms with E-state index in [1.165, 1.54) is 12.1 Å². The monoisotopic (exact) mass is 749 g/mol. The number of aliphatic carboxylic acids is 1.